The largest absolute Gasteiger partial charge is 0.416 e. The molecule has 0 saturated carbocycles. The molecular formula is C18H31F3O6S. The summed E-state index contributed by atoms with van der Waals surface area (Å²) < 4.78 is 75.0. The first-order valence-electron chi connectivity index (χ1n) is 8.21. The fourth-order valence-corrected chi connectivity index (χ4v) is 2.54. The lowest BCUT2D eigenvalue weighted by Crippen LogP contribution is -2.13. The maximum atomic E-state index is 12.4. The van der Waals surface area contributed by atoms with E-state index in [0.29, 0.717) is 18.6 Å². The zero-order valence-corrected chi connectivity index (χ0v) is 16.6. The maximum absolute atomic E-state index is 12.4. The molecule has 0 heterocycles. The molecule has 1 N–H and O–H groups in total. The Hall–Kier alpha value is -1.20. The number of alkyl halides is 3. The summed E-state index contributed by atoms with van der Waals surface area (Å²) in [5.74, 6) is 0. The summed E-state index contributed by atoms with van der Waals surface area (Å²) in [6.07, 6.45) is -3.38. The van der Waals surface area contributed by atoms with Crippen LogP contribution in [0.3, 0.4) is 0 Å². The first-order valence-corrected chi connectivity index (χ1v) is 9.61. The monoisotopic (exact) mass is 432 g/mol. The van der Waals surface area contributed by atoms with Gasteiger partial charge in [0, 0.05) is 20.8 Å². The van der Waals surface area contributed by atoms with Crippen molar-refractivity contribution in [2.45, 2.75) is 57.4 Å². The molecule has 0 aromatic heterocycles. The smallest absolute Gasteiger partial charge is 0.396 e. The molecule has 28 heavy (non-hydrogen) atoms. The van der Waals surface area contributed by atoms with Gasteiger partial charge in [0.25, 0.3) is 10.1 Å². The predicted molar refractivity (Wildman–Crippen MR) is 101 cm³/mol. The Morgan fingerprint density at radius 3 is 1.82 bits per heavy atom. The molecule has 2 atom stereocenters. The molecule has 6 nitrogen and oxygen atoms in total. The van der Waals surface area contributed by atoms with Crippen LogP contribution in [0.2, 0.25) is 0 Å². The predicted octanol–water partition coefficient (Wildman–Crippen LogP) is 3.88. The second kappa shape index (κ2) is 13.9. The van der Waals surface area contributed by atoms with Gasteiger partial charge in [0.05, 0.1) is 29.3 Å². The van der Waals surface area contributed by atoms with Crippen LogP contribution in [0.4, 0.5) is 13.2 Å². The van der Waals surface area contributed by atoms with Crippen LogP contribution in [0, 0.1) is 0 Å². The molecular weight excluding hydrogens is 401 g/mol. The van der Waals surface area contributed by atoms with Crippen LogP contribution >= 0.6 is 0 Å². The van der Waals surface area contributed by atoms with Gasteiger partial charge in [-0.1, -0.05) is 7.43 Å². The highest BCUT2D eigenvalue weighted by Crippen LogP contribution is 2.29. The topological polar surface area (TPSA) is 82.1 Å². The average molecular weight is 433 g/mol. The quantitative estimate of drug-likeness (QED) is 0.597. The van der Waals surface area contributed by atoms with Crippen LogP contribution < -0.4 is 0 Å². The van der Waals surface area contributed by atoms with E-state index in [9.17, 15) is 21.6 Å². The molecule has 1 rings (SSSR count). The molecule has 0 aliphatic heterocycles. The summed E-state index contributed by atoms with van der Waals surface area (Å²) in [6.45, 7) is 3.79. The van der Waals surface area contributed by atoms with Gasteiger partial charge in [-0.25, -0.2) is 0 Å². The lowest BCUT2D eigenvalue weighted by atomic mass is 10.2. The van der Waals surface area contributed by atoms with Gasteiger partial charge < -0.3 is 14.6 Å². The van der Waals surface area contributed by atoms with E-state index in [1.165, 1.54) is 7.11 Å². The van der Waals surface area contributed by atoms with Crippen molar-refractivity contribution in [1.29, 1.82) is 0 Å². The van der Waals surface area contributed by atoms with E-state index >= 15 is 0 Å². The summed E-state index contributed by atoms with van der Waals surface area (Å²) in [7, 11) is -0.929. The zero-order valence-electron chi connectivity index (χ0n) is 15.8. The zero-order chi connectivity index (χ0) is 21.1. The summed E-state index contributed by atoms with van der Waals surface area (Å²) in [4.78, 5) is -0.310. The molecule has 0 spiro atoms. The molecule has 0 radical (unpaired) electrons. The fourth-order valence-electron chi connectivity index (χ4n) is 1.62. The second-order valence-electron chi connectivity index (χ2n) is 5.69. The molecule has 10 heteroatoms. The lowest BCUT2D eigenvalue weighted by Gasteiger charge is -2.10. The SMILES string of the molecule is C.COC(C)CCO.COC(C)CCOS(=O)(=O)c1ccc(C(F)(F)F)cc1. The van der Waals surface area contributed by atoms with Crippen LogP contribution in [0.5, 0.6) is 0 Å². The Kier molecular flexibility index (Phi) is 14.4. The molecule has 1 aromatic rings. The average Bonchev–Trinajstić information content (AvgIpc) is 2.61. The van der Waals surface area contributed by atoms with E-state index in [4.69, 9.17) is 18.8 Å². The summed E-state index contributed by atoms with van der Waals surface area (Å²) in [5.41, 5.74) is -0.913. The molecule has 1 aromatic carbocycles. The van der Waals surface area contributed by atoms with Crippen molar-refractivity contribution < 1.29 is 40.4 Å². The highest BCUT2D eigenvalue weighted by Gasteiger charge is 2.30. The maximum Gasteiger partial charge on any atom is 0.416 e. The highest BCUT2D eigenvalue weighted by molar-refractivity contribution is 7.86. The molecule has 0 aliphatic carbocycles. The van der Waals surface area contributed by atoms with E-state index in [1.807, 2.05) is 6.92 Å². The first kappa shape index (κ1) is 29.0. The Balaban J connectivity index is 0. The standard InChI is InChI=1S/C12H15F3O4S.C5H12O2.CH4/c1-9(18-2)7-8-19-20(16,17)11-5-3-10(4-6-11)12(13,14)15;1-5(7-2)3-4-6;/h3-6,9H,7-8H2,1-2H3;5-6H,3-4H2,1-2H3;1H4. The van der Waals surface area contributed by atoms with Crippen LogP contribution in [-0.2, 0) is 30.0 Å². The minimum Gasteiger partial charge on any atom is -0.396 e. The molecule has 0 aliphatic rings. The third-order valence-corrected chi connectivity index (χ3v) is 4.90. The molecule has 0 fully saturated rings. The molecule has 0 saturated heterocycles. The number of hydrogen-bond donors (Lipinski definition) is 1. The van der Waals surface area contributed by atoms with Gasteiger partial charge in [-0.15, -0.1) is 0 Å². The molecule has 0 bridgehead atoms. The third kappa shape index (κ3) is 11.6. The Bertz CT molecular complexity index is 617. The Labute approximate surface area is 165 Å². The van der Waals surface area contributed by atoms with Gasteiger partial charge in [-0.2, -0.15) is 21.6 Å². The molecule has 166 valence electrons. The number of benzene rings is 1. The number of methoxy groups -OCH3 is 2. The fraction of sp³-hybridized carbons (Fsp3) is 0.667. The summed E-state index contributed by atoms with van der Waals surface area (Å²) >= 11 is 0. The van der Waals surface area contributed by atoms with Gasteiger partial charge in [0.1, 0.15) is 0 Å². The van der Waals surface area contributed by atoms with Gasteiger partial charge in [-0.3, -0.25) is 4.18 Å². The highest BCUT2D eigenvalue weighted by atomic mass is 32.2. The van der Waals surface area contributed by atoms with E-state index in [1.54, 1.807) is 14.0 Å². The van der Waals surface area contributed by atoms with E-state index < -0.39 is 21.9 Å². The van der Waals surface area contributed by atoms with Crippen molar-refractivity contribution in [3.8, 4) is 0 Å². The Morgan fingerprint density at radius 2 is 1.46 bits per heavy atom. The summed E-state index contributed by atoms with van der Waals surface area (Å²) in [5, 5.41) is 8.29. The number of halogens is 3. The third-order valence-electron chi connectivity index (χ3n) is 3.57. The van der Waals surface area contributed by atoms with Crippen molar-refractivity contribution in [2.24, 2.45) is 0 Å². The van der Waals surface area contributed by atoms with Crippen molar-refractivity contribution in [2.75, 3.05) is 27.4 Å². The van der Waals surface area contributed by atoms with Crippen molar-refractivity contribution >= 4 is 10.1 Å². The first-order chi connectivity index (χ1) is 12.5. The number of rotatable bonds is 9. The number of hydrogen-bond acceptors (Lipinski definition) is 6. The van der Waals surface area contributed by atoms with E-state index in [0.717, 1.165) is 18.6 Å². The van der Waals surface area contributed by atoms with Crippen molar-refractivity contribution in [1.82, 2.24) is 0 Å². The van der Waals surface area contributed by atoms with Crippen LogP contribution in [0.25, 0.3) is 0 Å². The Morgan fingerprint density at radius 1 is 1.00 bits per heavy atom. The minimum atomic E-state index is -4.50. The molecule has 2 unspecified atom stereocenters. The van der Waals surface area contributed by atoms with Gasteiger partial charge in [0.15, 0.2) is 0 Å². The number of aliphatic hydroxyl groups is 1. The van der Waals surface area contributed by atoms with Gasteiger partial charge >= 0.3 is 6.18 Å². The summed E-state index contributed by atoms with van der Waals surface area (Å²) in [6, 6.07) is 3.15. The second-order valence-corrected chi connectivity index (χ2v) is 7.31. The number of aliphatic hydroxyl groups excluding tert-OH is 1. The lowest BCUT2D eigenvalue weighted by molar-refractivity contribution is -0.137. The normalized spacial score (nSPS) is 13.7. The van der Waals surface area contributed by atoms with Crippen LogP contribution in [0.15, 0.2) is 29.2 Å². The van der Waals surface area contributed by atoms with Crippen LogP contribution in [0.1, 0.15) is 39.7 Å². The van der Waals surface area contributed by atoms with E-state index in [2.05, 4.69) is 0 Å². The van der Waals surface area contributed by atoms with Crippen molar-refractivity contribution in [3.63, 3.8) is 0 Å². The van der Waals surface area contributed by atoms with E-state index in [-0.39, 0.29) is 37.7 Å². The van der Waals surface area contributed by atoms with Gasteiger partial charge in [-0.05, 0) is 51.0 Å². The van der Waals surface area contributed by atoms with Crippen molar-refractivity contribution in [3.05, 3.63) is 29.8 Å². The molecule has 0 amide bonds. The van der Waals surface area contributed by atoms with Crippen LogP contribution in [-0.4, -0.2) is 53.2 Å². The minimum absolute atomic E-state index is 0. The number of ether oxygens (including phenoxy) is 2. The van der Waals surface area contributed by atoms with Gasteiger partial charge in [0.2, 0.25) is 0 Å².